The van der Waals surface area contributed by atoms with E-state index in [1.807, 2.05) is 0 Å². The van der Waals surface area contributed by atoms with E-state index < -0.39 is 146 Å². The molecule has 3 aliphatic rings. The summed E-state index contributed by atoms with van der Waals surface area (Å²) in [6.07, 6.45) is -9.25. The fourth-order valence-corrected chi connectivity index (χ4v) is 9.09. The third-order valence-corrected chi connectivity index (χ3v) is 13.4. The van der Waals surface area contributed by atoms with E-state index in [4.69, 9.17) is 4.74 Å². The summed E-state index contributed by atoms with van der Waals surface area (Å²) in [5.74, 6) is -7.35. The molecule has 23 heteroatoms. The summed E-state index contributed by atoms with van der Waals surface area (Å²) in [6.45, 7) is 5.57. The average molecular weight is 1020 g/mol. The first-order chi connectivity index (χ1) is 34.1. The second kappa shape index (κ2) is 26.5. The van der Waals surface area contributed by atoms with E-state index in [0.29, 0.717) is 17.9 Å². The monoisotopic (exact) mass is 1020 g/mol. The molecule has 0 unspecified atom stereocenters. The van der Waals surface area contributed by atoms with Crippen LogP contribution in [0.1, 0.15) is 96.3 Å². The topological polar surface area (TPSA) is 360 Å². The molecule has 0 saturated carbocycles. The Labute approximate surface area is 417 Å². The number of aliphatic hydroxyl groups excluding tert-OH is 8. The predicted molar refractivity (Wildman–Crippen MR) is 256 cm³/mol. The van der Waals surface area contributed by atoms with Crippen LogP contribution in [0.5, 0.6) is 11.5 Å². The van der Waals surface area contributed by atoms with E-state index in [1.54, 1.807) is 24.3 Å². The predicted octanol–water partition coefficient (Wildman–Crippen LogP) is -2.73. The maximum Gasteiger partial charge on any atom is 0.248 e. The Balaban J connectivity index is 1.49. The third kappa shape index (κ3) is 14.8. The first kappa shape index (κ1) is 57.4. The number of nitrogens with zero attached hydrogens (tertiary/aromatic N) is 2. The van der Waals surface area contributed by atoms with Crippen molar-refractivity contribution in [1.29, 1.82) is 0 Å². The summed E-state index contributed by atoms with van der Waals surface area (Å²) in [7, 11) is 0. The number of hydrogen-bond donors (Lipinski definition) is 14. The number of hydrogen-bond acceptors (Lipinski definition) is 17. The van der Waals surface area contributed by atoms with Crippen LogP contribution < -0.4 is 31.3 Å². The number of ether oxygens (including phenoxy) is 1. The number of rotatable bonds is 16. The van der Waals surface area contributed by atoms with Crippen molar-refractivity contribution in [1.82, 2.24) is 36.4 Å². The van der Waals surface area contributed by atoms with E-state index in [-0.39, 0.29) is 24.4 Å². The van der Waals surface area contributed by atoms with Crippen molar-refractivity contribution in [3.05, 3.63) is 59.7 Å². The molecule has 0 aromatic heterocycles. The van der Waals surface area contributed by atoms with Crippen molar-refractivity contribution in [3.63, 3.8) is 0 Å². The SMILES string of the molecule is CCCCCCCCOc1ccc(CN[C@@H]2C[C@@H](O)[C@@H](O)NC(=O)[C@@H]3[C@@H](O)[C@@H](C)CN3C(=O)[C@H]([C@@H](C)O)NC(=O)[C@H]([C@H](O)[C@@H](O)c3ccc(O)cc3)NC(=O)[C@@H]3C[C@@H](O)CN3C(=O)[C@H]([C@@H](C)O)NC2=O)cc1. The fourth-order valence-electron chi connectivity index (χ4n) is 9.09. The van der Waals surface area contributed by atoms with Gasteiger partial charge in [-0.15, -0.1) is 0 Å². The molecule has 2 aromatic rings. The second-order valence-electron chi connectivity index (χ2n) is 19.2. The van der Waals surface area contributed by atoms with E-state index in [1.165, 1.54) is 51.0 Å². The molecule has 5 rings (SSSR count). The summed E-state index contributed by atoms with van der Waals surface area (Å²) in [4.78, 5) is 87.0. The van der Waals surface area contributed by atoms with Gasteiger partial charge in [-0.1, -0.05) is 70.2 Å². The van der Waals surface area contributed by atoms with Crippen LogP contribution in [0.15, 0.2) is 48.5 Å². The number of fused-ring (bicyclic) bond motifs is 2. The molecule has 23 nitrogen and oxygen atoms in total. The Hall–Kier alpha value is -5.50. The zero-order valence-corrected chi connectivity index (χ0v) is 41.0. The van der Waals surface area contributed by atoms with Crippen molar-refractivity contribution in [2.24, 2.45) is 5.92 Å². The van der Waals surface area contributed by atoms with E-state index in [0.717, 1.165) is 42.4 Å². The molecule has 3 aliphatic heterocycles. The lowest BCUT2D eigenvalue weighted by atomic mass is 9.96. The van der Waals surface area contributed by atoms with Crippen molar-refractivity contribution in [3.8, 4) is 11.5 Å². The van der Waals surface area contributed by atoms with Gasteiger partial charge in [0.05, 0.1) is 37.1 Å². The zero-order valence-electron chi connectivity index (χ0n) is 41.0. The standard InChI is InChI=1S/C49H73N7O16/c1-5-6-7-8-9-10-19-72-32-17-11-28(12-18-32)22-50-33-21-35(61)45(67)54-47(69)39-40(62)25(2)23-56(39)49(71)37(27(4)58)52-46(68)38(42(64)41(63)29-13-15-30(59)16-14-29)53-44(66)34-20-31(60)24-55(34)48(70)36(26(3)57)51-43(33)65/h11-18,25-27,31,33-42,45,50,57-64,67H,5-10,19-24H2,1-4H3,(H,51,65)(H,52,68)(H,53,66)(H,54,69)/t25-,26+,27+,31+,33+,34-,35+,36-,37-,38-,39-,40-,41-,42-,45+/m0/s1. The number of unbranched alkanes of at least 4 members (excludes halogenated alkanes) is 5. The fraction of sp³-hybridized carbons (Fsp3) is 0.633. The number of aliphatic hydroxyl groups is 8. The lowest BCUT2D eigenvalue weighted by Gasteiger charge is -2.34. The molecule has 0 spiro atoms. The lowest BCUT2D eigenvalue weighted by molar-refractivity contribution is -0.148. The Morgan fingerprint density at radius 2 is 1.26 bits per heavy atom. The number of aromatic hydroxyl groups is 1. The third-order valence-electron chi connectivity index (χ3n) is 13.4. The molecule has 3 saturated heterocycles. The van der Waals surface area contributed by atoms with Crippen LogP contribution in [0.3, 0.4) is 0 Å². The molecule has 0 bridgehead atoms. The van der Waals surface area contributed by atoms with Gasteiger partial charge in [-0.3, -0.25) is 28.8 Å². The van der Waals surface area contributed by atoms with Crippen LogP contribution in [0.25, 0.3) is 0 Å². The summed E-state index contributed by atoms with van der Waals surface area (Å²) in [5, 5.41) is 111. The molecule has 0 radical (unpaired) electrons. The summed E-state index contributed by atoms with van der Waals surface area (Å²) in [5.41, 5.74) is 0.590. The Bertz CT molecular complexity index is 2130. The summed E-state index contributed by atoms with van der Waals surface area (Å²) >= 11 is 0. The van der Waals surface area contributed by atoms with Gasteiger partial charge in [0.2, 0.25) is 35.4 Å². The molecule has 3 heterocycles. The number of carbonyl (C=O) groups is 6. The smallest absolute Gasteiger partial charge is 0.248 e. The first-order valence-corrected chi connectivity index (χ1v) is 24.6. The van der Waals surface area contributed by atoms with Crippen LogP contribution in [0.4, 0.5) is 0 Å². The van der Waals surface area contributed by atoms with Gasteiger partial charge in [0, 0.05) is 38.4 Å². The molecule has 400 valence electrons. The highest BCUT2D eigenvalue weighted by atomic mass is 16.5. The van der Waals surface area contributed by atoms with Crippen LogP contribution in [-0.4, -0.2) is 190 Å². The quantitative estimate of drug-likeness (QED) is 0.0759. The van der Waals surface area contributed by atoms with Gasteiger partial charge >= 0.3 is 0 Å². The minimum Gasteiger partial charge on any atom is -0.508 e. The van der Waals surface area contributed by atoms with Gasteiger partial charge in [0.15, 0.2) is 6.23 Å². The zero-order chi connectivity index (χ0) is 53.0. The van der Waals surface area contributed by atoms with Crippen molar-refractivity contribution in [2.45, 2.75) is 171 Å². The number of phenols is 1. The lowest BCUT2D eigenvalue weighted by Crippen LogP contribution is -2.64. The van der Waals surface area contributed by atoms with Crippen LogP contribution >= 0.6 is 0 Å². The van der Waals surface area contributed by atoms with Crippen LogP contribution in [0.2, 0.25) is 0 Å². The molecule has 15 atom stereocenters. The highest BCUT2D eigenvalue weighted by Gasteiger charge is 2.50. The van der Waals surface area contributed by atoms with Gasteiger partial charge in [-0.25, -0.2) is 0 Å². The largest absolute Gasteiger partial charge is 0.508 e. The molecule has 3 fully saturated rings. The summed E-state index contributed by atoms with van der Waals surface area (Å²) in [6, 6.07) is 0.813. The van der Waals surface area contributed by atoms with E-state index >= 15 is 0 Å². The number of amides is 6. The minimum absolute atomic E-state index is 0.0340. The van der Waals surface area contributed by atoms with Crippen molar-refractivity contribution < 1.29 is 79.5 Å². The Kier molecular flexibility index (Phi) is 21.1. The number of carbonyl (C=O) groups excluding carboxylic acids is 6. The number of benzene rings is 2. The van der Waals surface area contributed by atoms with Crippen molar-refractivity contribution in [2.75, 3.05) is 19.7 Å². The van der Waals surface area contributed by atoms with Crippen LogP contribution in [0, 0.1) is 5.92 Å². The number of nitrogens with one attached hydrogen (secondary N) is 5. The molecule has 72 heavy (non-hydrogen) atoms. The molecule has 2 aromatic carbocycles. The average Bonchev–Trinajstić information content (AvgIpc) is 3.89. The van der Waals surface area contributed by atoms with Gasteiger partial charge < -0.3 is 87.1 Å². The molecular formula is C49H73N7O16. The molecule has 14 N–H and O–H groups in total. The van der Waals surface area contributed by atoms with Gasteiger partial charge in [0.25, 0.3) is 0 Å². The van der Waals surface area contributed by atoms with E-state index in [2.05, 4.69) is 33.5 Å². The van der Waals surface area contributed by atoms with Gasteiger partial charge in [0.1, 0.15) is 60.0 Å². The molecule has 6 amide bonds. The van der Waals surface area contributed by atoms with Crippen LogP contribution in [-0.2, 0) is 35.3 Å². The highest BCUT2D eigenvalue weighted by Crippen LogP contribution is 2.28. The normalized spacial score (nSPS) is 29.9. The summed E-state index contributed by atoms with van der Waals surface area (Å²) < 4.78 is 5.88. The van der Waals surface area contributed by atoms with Gasteiger partial charge in [-0.2, -0.15) is 0 Å². The maximum absolute atomic E-state index is 14.4. The second-order valence-corrected chi connectivity index (χ2v) is 19.2. The number of phenolic OH excluding ortho intramolecular Hbond substituents is 1. The molecule has 0 aliphatic carbocycles. The molecular weight excluding hydrogens is 943 g/mol. The van der Waals surface area contributed by atoms with Gasteiger partial charge in [-0.05, 0) is 55.7 Å². The Morgan fingerprint density at radius 1 is 0.681 bits per heavy atom. The minimum atomic E-state index is -2.25. The highest BCUT2D eigenvalue weighted by molar-refractivity contribution is 5.98. The van der Waals surface area contributed by atoms with E-state index in [9.17, 15) is 74.7 Å². The van der Waals surface area contributed by atoms with Crippen molar-refractivity contribution >= 4 is 35.4 Å². The first-order valence-electron chi connectivity index (χ1n) is 24.6. The maximum atomic E-state index is 14.4. The Morgan fingerprint density at radius 3 is 1.89 bits per heavy atom.